The van der Waals surface area contributed by atoms with Gasteiger partial charge >= 0.3 is 6.09 Å². The van der Waals surface area contributed by atoms with Gasteiger partial charge in [0.2, 0.25) is 15.9 Å². The number of alkyl halides is 1. The number of nitrogens with zero attached hydrogens (tertiary/aromatic N) is 2. The van der Waals surface area contributed by atoms with Crippen LogP contribution in [0.2, 0.25) is 0 Å². The van der Waals surface area contributed by atoms with Gasteiger partial charge in [0.15, 0.2) is 0 Å². The fourth-order valence-corrected chi connectivity index (χ4v) is 4.12. The molecule has 31 heavy (non-hydrogen) atoms. The number of ether oxygens (including phenoxy) is 1. The Balaban J connectivity index is 1.61. The van der Waals surface area contributed by atoms with E-state index in [1.165, 1.54) is 24.0 Å². The molecule has 0 aromatic heterocycles. The quantitative estimate of drug-likeness (QED) is 0.632. The number of nitrogens with one attached hydrogen (secondary N) is 2. The lowest BCUT2D eigenvalue weighted by Crippen LogP contribution is -2.48. The highest BCUT2D eigenvalue weighted by atomic mass is 32.2. The molecule has 0 saturated carbocycles. The SMILES string of the molecule is CC(=O)NC[C@H]1CN(c2ccc(N3CCC(F)(CNS(C)(=O)=O)CC3)c(F)c2)C(=O)O1. The van der Waals surface area contributed by atoms with Crippen molar-refractivity contribution in [2.75, 3.05) is 48.8 Å². The van der Waals surface area contributed by atoms with Crippen molar-refractivity contribution in [3.63, 3.8) is 0 Å². The van der Waals surface area contributed by atoms with Gasteiger partial charge in [-0.05, 0) is 18.2 Å². The molecular formula is C19H26F2N4O5S. The van der Waals surface area contributed by atoms with Gasteiger partial charge in [-0.15, -0.1) is 0 Å². The van der Waals surface area contributed by atoms with Crippen molar-refractivity contribution in [1.82, 2.24) is 10.0 Å². The van der Waals surface area contributed by atoms with Gasteiger partial charge in [-0.1, -0.05) is 0 Å². The molecule has 1 atom stereocenters. The minimum atomic E-state index is -3.49. The molecule has 2 fully saturated rings. The zero-order valence-corrected chi connectivity index (χ0v) is 18.2. The lowest BCUT2D eigenvalue weighted by atomic mass is 9.93. The van der Waals surface area contributed by atoms with Crippen LogP contribution in [-0.4, -0.2) is 71.2 Å². The predicted molar refractivity (Wildman–Crippen MR) is 111 cm³/mol. The number of piperidine rings is 1. The Morgan fingerprint density at radius 1 is 1.32 bits per heavy atom. The van der Waals surface area contributed by atoms with E-state index in [2.05, 4.69) is 10.0 Å². The Labute approximate surface area is 179 Å². The average Bonchev–Trinajstić information content (AvgIpc) is 3.06. The van der Waals surface area contributed by atoms with Crippen LogP contribution in [0.1, 0.15) is 19.8 Å². The number of hydrogen-bond acceptors (Lipinski definition) is 6. The smallest absolute Gasteiger partial charge is 0.414 e. The molecular weight excluding hydrogens is 434 g/mol. The zero-order chi connectivity index (χ0) is 22.8. The molecule has 2 saturated heterocycles. The molecule has 3 rings (SSSR count). The fourth-order valence-electron chi connectivity index (χ4n) is 3.60. The second-order valence-electron chi connectivity index (χ2n) is 7.92. The van der Waals surface area contributed by atoms with Crippen molar-refractivity contribution in [3.05, 3.63) is 24.0 Å². The summed E-state index contributed by atoms with van der Waals surface area (Å²) in [6, 6.07) is 4.34. The summed E-state index contributed by atoms with van der Waals surface area (Å²) in [7, 11) is -3.49. The Kier molecular flexibility index (Phi) is 6.70. The van der Waals surface area contributed by atoms with Crippen LogP contribution >= 0.6 is 0 Å². The predicted octanol–water partition coefficient (Wildman–Crippen LogP) is 1.14. The summed E-state index contributed by atoms with van der Waals surface area (Å²) in [5.41, 5.74) is -1.08. The number of sulfonamides is 1. The Morgan fingerprint density at radius 2 is 2.00 bits per heavy atom. The van der Waals surface area contributed by atoms with E-state index in [0.717, 1.165) is 6.26 Å². The third-order valence-corrected chi connectivity index (χ3v) is 6.02. The van der Waals surface area contributed by atoms with Crippen LogP contribution in [-0.2, 0) is 19.6 Å². The number of hydrogen-bond donors (Lipinski definition) is 2. The molecule has 0 unspecified atom stereocenters. The van der Waals surface area contributed by atoms with E-state index in [4.69, 9.17) is 4.74 Å². The molecule has 2 aliphatic rings. The molecule has 2 heterocycles. The lowest BCUT2D eigenvalue weighted by molar-refractivity contribution is -0.119. The maximum absolute atomic E-state index is 14.8. The van der Waals surface area contributed by atoms with Crippen molar-refractivity contribution in [1.29, 1.82) is 0 Å². The Morgan fingerprint density at radius 3 is 2.58 bits per heavy atom. The van der Waals surface area contributed by atoms with Crippen LogP contribution in [0.15, 0.2) is 18.2 Å². The first-order chi connectivity index (χ1) is 14.5. The highest BCUT2D eigenvalue weighted by molar-refractivity contribution is 7.88. The first-order valence-corrected chi connectivity index (χ1v) is 11.8. The van der Waals surface area contributed by atoms with E-state index in [9.17, 15) is 26.8 Å². The van der Waals surface area contributed by atoms with Crippen molar-refractivity contribution >= 4 is 33.4 Å². The summed E-state index contributed by atoms with van der Waals surface area (Å²) >= 11 is 0. The summed E-state index contributed by atoms with van der Waals surface area (Å²) in [5, 5.41) is 2.58. The van der Waals surface area contributed by atoms with Gasteiger partial charge < -0.3 is 15.0 Å². The summed E-state index contributed by atoms with van der Waals surface area (Å²) in [5.74, 6) is -0.799. The molecule has 0 radical (unpaired) electrons. The normalized spacial score (nSPS) is 21.2. The average molecular weight is 461 g/mol. The molecule has 9 nitrogen and oxygen atoms in total. The van der Waals surface area contributed by atoms with E-state index in [-0.39, 0.29) is 57.2 Å². The van der Waals surface area contributed by atoms with Crippen molar-refractivity contribution in [2.24, 2.45) is 0 Å². The third-order valence-electron chi connectivity index (χ3n) is 5.35. The van der Waals surface area contributed by atoms with Crippen LogP contribution in [0.4, 0.5) is 25.0 Å². The van der Waals surface area contributed by atoms with E-state index < -0.39 is 33.7 Å². The van der Waals surface area contributed by atoms with Gasteiger partial charge in [-0.2, -0.15) is 0 Å². The largest absolute Gasteiger partial charge is 0.442 e. The van der Waals surface area contributed by atoms with E-state index >= 15 is 0 Å². The van der Waals surface area contributed by atoms with Gasteiger partial charge in [0.1, 0.15) is 17.6 Å². The lowest BCUT2D eigenvalue weighted by Gasteiger charge is -2.37. The molecule has 1 aromatic rings. The number of anilines is 2. The maximum atomic E-state index is 14.8. The van der Waals surface area contributed by atoms with Crippen molar-refractivity contribution in [3.8, 4) is 0 Å². The maximum Gasteiger partial charge on any atom is 0.414 e. The Hall–Kier alpha value is -2.47. The number of carbonyl (C=O) groups is 2. The van der Waals surface area contributed by atoms with E-state index in [1.54, 1.807) is 11.0 Å². The minimum Gasteiger partial charge on any atom is -0.442 e. The van der Waals surface area contributed by atoms with Crippen LogP contribution in [0.5, 0.6) is 0 Å². The highest BCUT2D eigenvalue weighted by Crippen LogP contribution is 2.33. The molecule has 12 heteroatoms. The van der Waals surface area contributed by atoms with Gasteiger partial charge in [-0.25, -0.2) is 26.7 Å². The number of cyclic esters (lactones) is 1. The molecule has 172 valence electrons. The summed E-state index contributed by atoms with van der Waals surface area (Å²) < 4.78 is 59.4. The molecule has 2 N–H and O–H groups in total. The molecule has 0 aliphatic carbocycles. The summed E-state index contributed by atoms with van der Waals surface area (Å²) in [6.07, 6.45) is -0.0684. The van der Waals surface area contributed by atoms with E-state index in [0.29, 0.717) is 5.69 Å². The topological polar surface area (TPSA) is 108 Å². The molecule has 0 spiro atoms. The van der Waals surface area contributed by atoms with Crippen molar-refractivity contribution < 1.29 is 31.5 Å². The minimum absolute atomic E-state index is 0.0555. The molecule has 2 aliphatic heterocycles. The second-order valence-corrected chi connectivity index (χ2v) is 9.75. The van der Waals surface area contributed by atoms with Crippen LogP contribution in [0, 0.1) is 5.82 Å². The Bertz CT molecular complexity index is 951. The van der Waals surface area contributed by atoms with E-state index in [1.807, 2.05) is 0 Å². The van der Waals surface area contributed by atoms with Crippen LogP contribution in [0.25, 0.3) is 0 Å². The monoisotopic (exact) mass is 460 g/mol. The molecule has 1 aromatic carbocycles. The number of benzene rings is 1. The first kappa shape index (κ1) is 23.2. The second kappa shape index (κ2) is 8.95. The highest BCUT2D eigenvalue weighted by Gasteiger charge is 2.36. The van der Waals surface area contributed by atoms with Gasteiger partial charge in [0, 0.05) is 39.4 Å². The van der Waals surface area contributed by atoms with Crippen LogP contribution in [0.3, 0.4) is 0 Å². The number of halogens is 2. The number of carbonyl (C=O) groups excluding carboxylic acids is 2. The van der Waals surface area contributed by atoms with Gasteiger partial charge in [-0.3, -0.25) is 9.69 Å². The summed E-state index contributed by atoms with van der Waals surface area (Å²) in [4.78, 5) is 26.1. The van der Waals surface area contributed by atoms with Crippen LogP contribution < -0.4 is 19.8 Å². The standard InChI is InChI=1S/C19H26F2N4O5S/c1-13(26)22-10-15-11-25(18(27)30-15)14-3-4-17(16(20)9-14)24-7-5-19(21,6-8-24)12-23-31(2,28)29/h3-4,9,15,23H,5-8,10-12H2,1-2H3,(H,22,26)/t15-/m0/s1. The van der Waals surface area contributed by atoms with Crippen molar-refractivity contribution in [2.45, 2.75) is 31.5 Å². The zero-order valence-electron chi connectivity index (χ0n) is 17.4. The molecule has 0 bridgehead atoms. The third kappa shape index (κ3) is 6.03. The number of amides is 2. The number of rotatable bonds is 7. The summed E-state index contributed by atoms with van der Waals surface area (Å²) in [6.45, 7) is 1.85. The van der Waals surface area contributed by atoms with Gasteiger partial charge in [0.05, 0.1) is 30.7 Å². The molecule has 2 amide bonds. The fraction of sp³-hybridized carbons (Fsp3) is 0.579. The van der Waals surface area contributed by atoms with Gasteiger partial charge in [0.25, 0.3) is 0 Å². The first-order valence-electron chi connectivity index (χ1n) is 9.86.